The van der Waals surface area contributed by atoms with E-state index < -0.39 is 5.60 Å². The number of carbonyl (C=O) groups excluding carboxylic acids is 1. The third-order valence-corrected chi connectivity index (χ3v) is 3.80. The Bertz CT molecular complexity index is 339. The number of likely N-dealkylation sites (tertiary alicyclic amines) is 1. The molecule has 110 valence electrons. The summed E-state index contributed by atoms with van der Waals surface area (Å²) in [5, 5.41) is 9.18. The van der Waals surface area contributed by atoms with E-state index in [1.54, 1.807) is 4.90 Å². The number of amides is 1. The molecule has 2 fully saturated rings. The first kappa shape index (κ1) is 14.6. The minimum absolute atomic E-state index is 0.0164. The van der Waals surface area contributed by atoms with Crippen LogP contribution < -0.4 is 0 Å². The van der Waals surface area contributed by atoms with Crippen LogP contribution in [0.3, 0.4) is 0 Å². The van der Waals surface area contributed by atoms with Gasteiger partial charge in [-0.2, -0.15) is 0 Å². The van der Waals surface area contributed by atoms with E-state index in [4.69, 9.17) is 9.47 Å². The van der Waals surface area contributed by atoms with E-state index in [1.165, 1.54) is 0 Å². The number of rotatable bonds is 1. The fourth-order valence-electron chi connectivity index (χ4n) is 2.99. The van der Waals surface area contributed by atoms with E-state index in [9.17, 15) is 9.90 Å². The standard InChI is InChI=1S/C14H25NO4/c1-13(2,3)19-12(17)15-6-4-5-14(9-15)7-11(8-16)18-10-14/h11,16H,4-10H2,1-3H3/t11-,14+/m0/s1. The lowest BCUT2D eigenvalue weighted by Gasteiger charge is -2.39. The van der Waals surface area contributed by atoms with Crippen LogP contribution in [-0.4, -0.2) is 54.1 Å². The lowest BCUT2D eigenvalue weighted by molar-refractivity contribution is 0.000839. The third kappa shape index (κ3) is 3.60. The Morgan fingerprint density at radius 3 is 2.84 bits per heavy atom. The van der Waals surface area contributed by atoms with Crippen molar-refractivity contribution in [2.75, 3.05) is 26.3 Å². The maximum Gasteiger partial charge on any atom is 0.410 e. The summed E-state index contributed by atoms with van der Waals surface area (Å²) >= 11 is 0. The largest absolute Gasteiger partial charge is 0.444 e. The summed E-state index contributed by atoms with van der Waals surface area (Å²) in [6.07, 6.45) is 2.56. The van der Waals surface area contributed by atoms with Crippen molar-refractivity contribution in [1.29, 1.82) is 0 Å². The van der Waals surface area contributed by atoms with Gasteiger partial charge in [-0.25, -0.2) is 4.79 Å². The molecule has 5 heteroatoms. The molecule has 0 aromatic heterocycles. The zero-order valence-electron chi connectivity index (χ0n) is 12.1. The van der Waals surface area contributed by atoms with Crippen LogP contribution >= 0.6 is 0 Å². The van der Waals surface area contributed by atoms with E-state index in [0.29, 0.717) is 13.2 Å². The van der Waals surface area contributed by atoms with Gasteiger partial charge in [-0.15, -0.1) is 0 Å². The van der Waals surface area contributed by atoms with Crippen molar-refractivity contribution in [1.82, 2.24) is 4.90 Å². The quantitative estimate of drug-likeness (QED) is 0.790. The highest BCUT2D eigenvalue weighted by Crippen LogP contribution is 2.40. The summed E-state index contributed by atoms with van der Waals surface area (Å²) < 4.78 is 11.0. The fraction of sp³-hybridized carbons (Fsp3) is 0.929. The molecule has 0 unspecified atom stereocenters. The number of hydrogen-bond acceptors (Lipinski definition) is 4. The van der Waals surface area contributed by atoms with Crippen LogP contribution in [0.25, 0.3) is 0 Å². The van der Waals surface area contributed by atoms with Gasteiger partial charge in [-0.1, -0.05) is 0 Å². The molecule has 0 aromatic carbocycles. The molecule has 2 rings (SSSR count). The van der Waals surface area contributed by atoms with Gasteiger partial charge in [0.1, 0.15) is 5.60 Å². The first-order valence-electron chi connectivity index (χ1n) is 7.04. The van der Waals surface area contributed by atoms with Crippen LogP contribution in [0.2, 0.25) is 0 Å². The molecule has 0 aliphatic carbocycles. The topological polar surface area (TPSA) is 59.0 Å². The molecule has 0 saturated carbocycles. The number of aliphatic hydroxyl groups excluding tert-OH is 1. The van der Waals surface area contributed by atoms with Gasteiger partial charge >= 0.3 is 6.09 Å². The van der Waals surface area contributed by atoms with E-state index >= 15 is 0 Å². The Hall–Kier alpha value is -0.810. The molecule has 19 heavy (non-hydrogen) atoms. The summed E-state index contributed by atoms with van der Waals surface area (Å²) in [6, 6.07) is 0. The molecule has 1 spiro atoms. The maximum absolute atomic E-state index is 12.1. The maximum atomic E-state index is 12.1. The monoisotopic (exact) mass is 271 g/mol. The average molecular weight is 271 g/mol. The van der Waals surface area contributed by atoms with Crippen molar-refractivity contribution in [3.63, 3.8) is 0 Å². The lowest BCUT2D eigenvalue weighted by atomic mass is 9.78. The molecule has 0 bridgehead atoms. The summed E-state index contributed by atoms with van der Waals surface area (Å²) in [7, 11) is 0. The Morgan fingerprint density at radius 2 is 2.26 bits per heavy atom. The van der Waals surface area contributed by atoms with Gasteiger partial charge in [0, 0.05) is 18.5 Å². The highest BCUT2D eigenvalue weighted by atomic mass is 16.6. The number of hydrogen-bond donors (Lipinski definition) is 1. The zero-order valence-corrected chi connectivity index (χ0v) is 12.1. The van der Waals surface area contributed by atoms with E-state index in [1.807, 2.05) is 20.8 Å². The van der Waals surface area contributed by atoms with Crippen LogP contribution in [0, 0.1) is 5.41 Å². The highest BCUT2D eigenvalue weighted by molar-refractivity contribution is 5.68. The van der Waals surface area contributed by atoms with Gasteiger partial charge in [-0.3, -0.25) is 0 Å². The first-order valence-corrected chi connectivity index (χ1v) is 7.04. The Labute approximate surface area is 114 Å². The third-order valence-electron chi connectivity index (χ3n) is 3.80. The number of nitrogens with zero attached hydrogens (tertiary/aromatic N) is 1. The van der Waals surface area contributed by atoms with Gasteiger partial charge in [0.05, 0.1) is 19.3 Å². The van der Waals surface area contributed by atoms with E-state index in [0.717, 1.165) is 25.8 Å². The van der Waals surface area contributed by atoms with Gasteiger partial charge in [0.25, 0.3) is 0 Å². The normalized spacial score (nSPS) is 31.8. The number of ether oxygens (including phenoxy) is 2. The second-order valence-electron chi connectivity index (χ2n) is 6.83. The highest BCUT2D eigenvalue weighted by Gasteiger charge is 2.44. The Morgan fingerprint density at radius 1 is 1.53 bits per heavy atom. The smallest absolute Gasteiger partial charge is 0.410 e. The number of aliphatic hydroxyl groups is 1. The summed E-state index contributed by atoms with van der Waals surface area (Å²) in [5.74, 6) is 0. The van der Waals surface area contributed by atoms with E-state index in [-0.39, 0.29) is 24.2 Å². The average Bonchev–Trinajstić information content (AvgIpc) is 2.70. The molecule has 2 aliphatic heterocycles. The van der Waals surface area contributed by atoms with Gasteiger partial charge in [-0.05, 0) is 40.0 Å². The molecule has 2 aliphatic rings. The van der Waals surface area contributed by atoms with Gasteiger partial charge in [0.2, 0.25) is 0 Å². The summed E-state index contributed by atoms with van der Waals surface area (Å²) in [4.78, 5) is 13.9. The van der Waals surface area contributed by atoms with Crippen LogP contribution in [-0.2, 0) is 9.47 Å². The minimum atomic E-state index is -0.457. The van der Waals surface area contributed by atoms with Crippen molar-refractivity contribution >= 4 is 6.09 Å². The second-order valence-corrected chi connectivity index (χ2v) is 6.83. The van der Waals surface area contributed by atoms with Gasteiger partial charge < -0.3 is 19.5 Å². The van der Waals surface area contributed by atoms with Crippen molar-refractivity contribution in [3.05, 3.63) is 0 Å². The number of carbonyl (C=O) groups is 1. The zero-order chi connectivity index (χ0) is 14.1. The molecule has 0 aromatic rings. The molecular weight excluding hydrogens is 246 g/mol. The molecule has 2 heterocycles. The molecular formula is C14H25NO4. The molecule has 2 saturated heterocycles. The van der Waals surface area contributed by atoms with Crippen molar-refractivity contribution in [3.8, 4) is 0 Å². The van der Waals surface area contributed by atoms with Crippen molar-refractivity contribution < 1.29 is 19.4 Å². The molecule has 5 nitrogen and oxygen atoms in total. The Kier molecular flexibility index (Phi) is 4.06. The first-order chi connectivity index (χ1) is 8.84. The Balaban J connectivity index is 1.96. The fourth-order valence-corrected chi connectivity index (χ4v) is 2.99. The van der Waals surface area contributed by atoms with Crippen molar-refractivity contribution in [2.24, 2.45) is 5.41 Å². The molecule has 1 amide bonds. The van der Waals surface area contributed by atoms with E-state index in [2.05, 4.69) is 0 Å². The predicted molar refractivity (Wildman–Crippen MR) is 70.9 cm³/mol. The van der Waals surface area contributed by atoms with Crippen LogP contribution in [0.4, 0.5) is 4.79 Å². The predicted octanol–water partition coefficient (Wildman–Crippen LogP) is 1.78. The summed E-state index contributed by atoms with van der Waals surface area (Å²) in [5.41, 5.74) is -0.440. The molecule has 2 atom stereocenters. The lowest BCUT2D eigenvalue weighted by Crippen LogP contribution is -2.48. The second kappa shape index (κ2) is 5.29. The summed E-state index contributed by atoms with van der Waals surface area (Å²) in [6.45, 7) is 7.77. The number of piperidine rings is 1. The molecule has 1 N–H and O–H groups in total. The van der Waals surface area contributed by atoms with Crippen LogP contribution in [0.5, 0.6) is 0 Å². The van der Waals surface area contributed by atoms with Gasteiger partial charge in [0.15, 0.2) is 0 Å². The van der Waals surface area contributed by atoms with Crippen LogP contribution in [0.1, 0.15) is 40.0 Å². The molecule has 0 radical (unpaired) electrons. The van der Waals surface area contributed by atoms with Crippen LogP contribution in [0.15, 0.2) is 0 Å². The minimum Gasteiger partial charge on any atom is -0.444 e. The SMILES string of the molecule is CC(C)(C)OC(=O)N1CCC[C@]2(CO[C@H](CO)C2)C1. The van der Waals surface area contributed by atoms with Crippen molar-refractivity contribution in [2.45, 2.75) is 51.7 Å².